The monoisotopic (exact) mass is 696 g/mol. The molecule has 0 N–H and O–H groups in total. The number of benzene rings is 4. The summed E-state index contributed by atoms with van der Waals surface area (Å²) in [6.07, 6.45) is 12.9. The van der Waals surface area contributed by atoms with Gasteiger partial charge in [-0.25, -0.2) is 0 Å². The van der Waals surface area contributed by atoms with Crippen LogP contribution in [0, 0.1) is 19.8 Å². The van der Waals surface area contributed by atoms with E-state index in [1.165, 1.54) is 73.9 Å². The molecule has 1 aliphatic carbocycles. The largest absolute Gasteiger partial charge is 0.371 e. The molecule has 0 amide bonds. The maximum Gasteiger partial charge on any atom is 0.160 e. The number of ketones is 2. The molecule has 280 valence electrons. The Bertz CT molecular complexity index is 1610. The first kappa shape index (κ1) is 45.0. The summed E-state index contributed by atoms with van der Waals surface area (Å²) in [5.74, 6) is 1.72. The molecule has 1 saturated heterocycles. The van der Waals surface area contributed by atoms with Gasteiger partial charge in [0.2, 0.25) is 0 Å². The Morgan fingerprint density at radius 2 is 1.49 bits per heavy atom. The number of anilines is 1. The Labute approximate surface area is 312 Å². The number of carbonyl (C=O) groups excluding carboxylic acids is 3. The molecule has 2 fully saturated rings. The van der Waals surface area contributed by atoms with Crippen LogP contribution < -0.4 is 4.90 Å². The number of rotatable bonds is 9. The van der Waals surface area contributed by atoms with Crippen LogP contribution >= 0.6 is 0 Å². The second kappa shape index (κ2) is 24.2. The Morgan fingerprint density at radius 1 is 0.784 bits per heavy atom. The van der Waals surface area contributed by atoms with Crippen molar-refractivity contribution in [1.82, 2.24) is 0 Å². The minimum absolute atomic E-state index is 0. The standard InChI is InChI=1S/C30H41NO.C12H10O.C2H6.CH2O.2CH4.H2/c1-23-10-6-7-15-29(23)31-20-9-14-26(19-21-31)28-18-17-25(22-24(28)2)11-4-3-5-12-27-13-8-16-30(27)32;1-9(13)11-8-4-6-10-5-2-3-7-12(10)11;2*1-2;;;/h6-7,10,15,17-18,22,26-27H,3-5,8-9,11-14,16,19-21H2,1-2H3;2-8H,1H3;1-2H3;1H2;2*1H4;1H. The molecule has 1 aliphatic heterocycles. The van der Waals surface area contributed by atoms with Gasteiger partial charge in [-0.3, -0.25) is 9.59 Å². The highest BCUT2D eigenvalue weighted by atomic mass is 16.1. The van der Waals surface area contributed by atoms with Crippen LogP contribution in [-0.4, -0.2) is 31.4 Å². The summed E-state index contributed by atoms with van der Waals surface area (Å²) in [7, 11) is 0. The van der Waals surface area contributed by atoms with Gasteiger partial charge in [-0.05, 0) is 117 Å². The highest BCUT2D eigenvalue weighted by Gasteiger charge is 2.23. The predicted octanol–water partition coefficient (Wildman–Crippen LogP) is 13.0. The topological polar surface area (TPSA) is 54.5 Å². The summed E-state index contributed by atoms with van der Waals surface area (Å²) in [4.78, 5) is 33.6. The number of carbonyl (C=O) groups is 3. The van der Waals surface area contributed by atoms with Gasteiger partial charge in [0, 0.05) is 38.1 Å². The minimum atomic E-state index is 0. The van der Waals surface area contributed by atoms with Gasteiger partial charge < -0.3 is 9.69 Å². The summed E-state index contributed by atoms with van der Waals surface area (Å²) in [6, 6.07) is 29.8. The van der Waals surface area contributed by atoms with E-state index in [4.69, 9.17) is 4.79 Å². The number of fused-ring (bicyclic) bond motifs is 1. The average molecular weight is 696 g/mol. The molecule has 4 aromatic carbocycles. The van der Waals surface area contributed by atoms with Gasteiger partial charge in [0.25, 0.3) is 0 Å². The maximum atomic E-state index is 11.8. The average Bonchev–Trinajstić information content (AvgIpc) is 3.39. The first-order valence-corrected chi connectivity index (χ1v) is 18.6. The summed E-state index contributed by atoms with van der Waals surface area (Å²) >= 11 is 0. The molecule has 0 bridgehead atoms. The quantitative estimate of drug-likeness (QED) is 0.129. The zero-order valence-corrected chi connectivity index (χ0v) is 30.8. The number of unbranched alkanes of at least 4 members (excludes halogenated alkanes) is 2. The van der Waals surface area contributed by atoms with Crippen LogP contribution in [0.4, 0.5) is 5.69 Å². The van der Waals surface area contributed by atoms with E-state index < -0.39 is 0 Å². The lowest BCUT2D eigenvalue weighted by atomic mass is 9.87. The fourth-order valence-electron chi connectivity index (χ4n) is 7.54. The smallest absolute Gasteiger partial charge is 0.160 e. The van der Waals surface area contributed by atoms with Crippen molar-refractivity contribution in [1.29, 1.82) is 0 Å². The van der Waals surface area contributed by atoms with E-state index in [1.54, 1.807) is 12.5 Å². The number of Topliss-reactive ketones (excluding diaryl/α,β-unsaturated/α-hetero) is 2. The first-order chi connectivity index (χ1) is 23.9. The van der Waals surface area contributed by atoms with Crippen molar-refractivity contribution >= 4 is 34.8 Å². The van der Waals surface area contributed by atoms with Crippen molar-refractivity contribution in [3.8, 4) is 0 Å². The molecule has 0 radical (unpaired) electrons. The molecule has 1 heterocycles. The Morgan fingerprint density at radius 3 is 2.18 bits per heavy atom. The van der Waals surface area contributed by atoms with Gasteiger partial charge in [-0.1, -0.05) is 120 Å². The number of hydrogen-bond acceptors (Lipinski definition) is 4. The van der Waals surface area contributed by atoms with Crippen LogP contribution in [0.5, 0.6) is 0 Å². The molecule has 2 aliphatic rings. The first-order valence-electron chi connectivity index (χ1n) is 18.6. The van der Waals surface area contributed by atoms with Crippen LogP contribution in [0.3, 0.4) is 0 Å². The lowest BCUT2D eigenvalue weighted by Crippen LogP contribution is -2.24. The van der Waals surface area contributed by atoms with Crippen molar-refractivity contribution in [2.45, 2.75) is 126 Å². The van der Waals surface area contributed by atoms with Gasteiger partial charge in [-0.2, -0.15) is 0 Å². The third kappa shape index (κ3) is 13.2. The number of aryl methyl sites for hydroxylation is 3. The molecule has 0 aromatic heterocycles. The molecular formula is C47H69NO3. The third-order valence-corrected chi connectivity index (χ3v) is 10.1. The van der Waals surface area contributed by atoms with Crippen molar-refractivity contribution in [3.63, 3.8) is 0 Å². The molecular weight excluding hydrogens is 627 g/mol. The highest BCUT2D eigenvalue weighted by molar-refractivity contribution is 6.06. The van der Waals surface area contributed by atoms with E-state index in [1.807, 2.05) is 63.1 Å². The second-order valence-electron chi connectivity index (χ2n) is 13.3. The maximum absolute atomic E-state index is 11.8. The lowest BCUT2D eigenvalue weighted by molar-refractivity contribution is -0.120. The van der Waals surface area contributed by atoms with Gasteiger partial charge in [0.15, 0.2) is 5.78 Å². The zero-order valence-electron chi connectivity index (χ0n) is 30.8. The van der Waals surface area contributed by atoms with E-state index in [0.29, 0.717) is 17.6 Å². The molecule has 2 atom stereocenters. The second-order valence-corrected chi connectivity index (χ2v) is 13.3. The fraction of sp³-hybridized carbons (Fsp3) is 0.468. The van der Waals surface area contributed by atoms with E-state index in [0.717, 1.165) is 48.6 Å². The van der Waals surface area contributed by atoms with Crippen molar-refractivity contribution in [2.24, 2.45) is 5.92 Å². The molecule has 6 rings (SSSR count). The SMILES string of the molecule is C.C.C=O.CC.CC(=O)c1cccc2ccccc12.Cc1cc(CCCCCC2CCCC2=O)ccc1C1CCCN(c2ccccc2C)CC1.[HH]. The summed E-state index contributed by atoms with van der Waals surface area (Å²) in [5.41, 5.74) is 8.14. The Kier molecular flexibility index (Phi) is 21.3. The highest BCUT2D eigenvalue weighted by Crippen LogP contribution is 2.33. The van der Waals surface area contributed by atoms with E-state index in [9.17, 15) is 9.59 Å². The van der Waals surface area contributed by atoms with Crippen LogP contribution in [0.25, 0.3) is 10.8 Å². The van der Waals surface area contributed by atoms with E-state index in [2.05, 4.69) is 61.2 Å². The van der Waals surface area contributed by atoms with Crippen LogP contribution in [0.2, 0.25) is 0 Å². The normalized spacial score (nSPS) is 16.4. The Hall–Kier alpha value is -4.05. The predicted molar refractivity (Wildman–Crippen MR) is 224 cm³/mol. The van der Waals surface area contributed by atoms with Crippen molar-refractivity contribution in [3.05, 3.63) is 113 Å². The minimum Gasteiger partial charge on any atom is -0.371 e. The summed E-state index contributed by atoms with van der Waals surface area (Å²) in [5, 5.41) is 2.16. The van der Waals surface area contributed by atoms with Gasteiger partial charge >= 0.3 is 0 Å². The van der Waals surface area contributed by atoms with Crippen LogP contribution in [0.1, 0.15) is 140 Å². The zero-order chi connectivity index (χ0) is 35.6. The van der Waals surface area contributed by atoms with Crippen molar-refractivity contribution < 1.29 is 15.8 Å². The van der Waals surface area contributed by atoms with Crippen LogP contribution in [0.15, 0.2) is 84.9 Å². The third-order valence-electron chi connectivity index (χ3n) is 10.1. The lowest BCUT2D eigenvalue weighted by Gasteiger charge is -2.25. The number of hydrogen-bond donors (Lipinski definition) is 0. The molecule has 0 spiro atoms. The van der Waals surface area contributed by atoms with E-state index in [-0.39, 0.29) is 22.1 Å². The van der Waals surface area contributed by atoms with Gasteiger partial charge in [0.1, 0.15) is 12.6 Å². The molecule has 1 saturated carbocycles. The molecule has 51 heavy (non-hydrogen) atoms. The number of nitrogens with zero attached hydrogens (tertiary/aromatic N) is 1. The van der Waals surface area contributed by atoms with Gasteiger partial charge in [0.05, 0.1) is 0 Å². The summed E-state index contributed by atoms with van der Waals surface area (Å²) in [6.45, 7) is 14.5. The Balaban J connectivity index is 0.00000110. The fourth-order valence-corrected chi connectivity index (χ4v) is 7.54. The van der Waals surface area contributed by atoms with E-state index >= 15 is 0 Å². The van der Waals surface area contributed by atoms with Crippen molar-refractivity contribution in [2.75, 3.05) is 18.0 Å². The molecule has 2 unspecified atom stereocenters. The summed E-state index contributed by atoms with van der Waals surface area (Å²) < 4.78 is 0. The number of para-hydroxylation sites is 1. The van der Waals surface area contributed by atoms with Gasteiger partial charge in [-0.15, -0.1) is 0 Å². The molecule has 4 aromatic rings. The molecule has 4 heteroatoms. The van der Waals surface area contributed by atoms with Crippen LogP contribution in [-0.2, 0) is 16.0 Å². The molecule has 4 nitrogen and oxygen atoms in total.